The highest BCUT2D eigenvalue weighted by atomic mass is 35.5. The van der Waals surface area contributed by atoms with E-state index in [1.165, 1.54) is 28.6 Å². The van der Waals surface area contributed by atoms with Gasteiger partial charge in [-0.15, -0.1) is 0 Å². The standard InChI is InChI=1S/C27H28ClN3O4S/c28-22-12-14-23(15-13-22)36(34,35)31-18-6-9-21(19-31)26(32)30-25-11-5-4-10-24(25)27(33)29-17-16-20-7-2-1-3-8-20/h1-5,7-8,10-15,21H,6,9,16-19H2,(H,29,33)(H,30,32). The molecule has 9 heteroatoms. The Morgan fingerprint density at radius 2 is 1.64 bits per heavy atom. The summed E-state index contributed by atoms with van der Waals surface area (Å²) in [7, 11) is -3.74. The van der Waals surface area contributed by atoms with E-state index in [-0.39, 0.29) is 23.3 Å². The molecule has 188 valence electrons. The molecule has 2 N–H and O–H groups in total. The van der Waals surface area contributed by atoms with E-state index in [0.717, 1.165) is 5.56 Å². The molecule has 0 aliphatic carbocycles. The number of carbonyl (C=O) groups is 2. The van der Waals surface area contributed by atoms with Crippen LogP contribution in [0.1, 0.15) is 28.8 Å². The summed E-state index contributed by atoms with van der Waals surface area (Å²) in [6, 6.07) is 22.7. The largest absolute Gasteiger partial charge is 0.352 e. The van der Waals surface area contributed by atoms with Gasteiger partial charge in [0.05, 0.1) is 22.1 Å². The van der Waals surface area contributed by atoms with Crippen LogP contribution in [-0.2, 0) is 21.2 Å². The van der Waals surface area contributed by atoms with Gasteiger partial charge in [-0.05, 0) is 61.2 Å². The van der Waals surface area contributed by atoms with Gasteiger partial charge in [-0.25, -0.2) is 8.42 Å². The second kappa shape index (κ2) is 11.7. The maximum Gasteiger partial charge on any atom is 0.253 e. The lowest BCUT2D eigenvalue weighted by Gasteiger charge is -2.31. The predicted molar refractivity (Wildman–Crippen MR) is 140 cm³/mol. The summed E-state index contributed by atoms with van der Waals surface area (Å²) in [5, 5.41) is 6.20. The molecule has 1 unspecified atom stereocenters. The molecular weight excluding hydrogens is 498 g/mol. The minimum atomic E-state index is -3.74. The highest BCUT2D eigenvalue weighted by Crippen LogP contribution is 2.26. The molecule has 1 saturated heterocycles. The van der Waals surface area contributed by atoms with Crippen molar-refractivity contribution < 1.29 is 18.0 Å². The zero-order valence-corrected chi connectivity index (χ0v) is 21.3. The summed E-state index contributed by atoms with van der Waals surface area (Å²) in [4.78, 5) is 26.1. The molecule has 0 aromatic heterocycles. The third kappa shape index (κ3) is 6.32. The van der Waals surface area contributed by atoms with Crippen LogP contribution >= 0.6 is 11.6 Å². The third-order valence-electron chi connectivity index (χ3n) is 6.18. The van der Waals surface area contributed by atoms with Crippen LogP contribution in [0.15, 0.2) is 83.8 Å². The van der Waals surface area contributed by atoms with Crippen molar-refractivity contribution in [3.05, 3.63) is 95.0 Å². The number of amides is 2. The molecule has 0 spiro atoms. The molecule has 0 saturated carbocycles. The van der Waals surface area contributed by atoms with Gasteiger partial charge in [-0.3, -0.25) is 9.59 Å². The van der Waals surface area contributed by atoms with Gasteiger partial charge >= 0.3 is 0 Å². The number of rotatable bonds is 8. The lowest BCUT2D eigenvalue weighted by molar-refractivity contribution is -0.120. The molecule has 0 bridgehead atoms. The first-order valence-electron chi connectivity index (χ1n) is 11.8. The lowest BCUT2D eigenvalue weighted by atomic mass is 9.98. The SMILES string of the molecule is O=C(NCCc1ccccc1)c1ccccc1NC(=O)C1CCCN(S(=O)(=O)c2ccc(Cl)cc2)C1. The molecule has 1 aliphatic rings. The van der Waals surface area contributed by atoms with Crippen molar-refractivity contribution in [2.24, 2.45) is 5.92 Å². The van der Waals surface area contributed by atoms with Gasteiger partial charge in [0.15, 0.2) is 0 Å². The topological polar surface area (TPSA) is 95.6 Å². The fourth-order valence-corrected chi connectivity index (χ4v) is 5.87. The Balaban J connectivity index is 1.39. The van der Waals surface area contributed by atoms with E-state index in [2.05, 4.69) is 10.6 Å². The summed E-state index contributed by atoms with van der Waals surface area (Å²) >= 11 is 5.89. The Labute approximate surface area is 216 Å². The zero-order chi connectivity index (χ0) is 25.5. The number of sulfonamides is 1. The van der Waals surface area contributed by atoms with Gasteiger partial charge in [-0.2, -0.15) is 4.31 Å². The minimum absolute atomic E-state index is 0.0717. The second-order valence-electron chi connectivity index (χ2n) is 8.68. The van der Waals surface area contributed by atoms with E-state index in [1.54, 1.807) is 24.3 Å². The van der Waals surface area contributed by atoms with E-state index in [1.807, 2.05) is 30.3 Å². The Kier molecular flexibility index (Phi) is 8.40. The van der Waals surface area contributed by atoms with Crippen molar-refractivity contribution in [3.63, 3.8) is 0 Å². The number of nitrogens with one attached hydrogen (secondary N) is 2. The third-order valence-corrected chi connectivity index (χ3v) is 8.31. The summed E-state index contributed by atoms with van der Waals surface area (Å²) in [5.74, 6) is -1.12. The molecule has 7 nitrogen and oxygen atoms in total. The van der Waals surface area contributed by atoms with Crippen LogP contribution in [0, 0.1) is 5.92 Å². The fraction of sp³-hybridized carbons (Fsp3) is 0.259. The molecule has 1 fully saturated rings. The number of halogens is 1. The quantitative estimate of drug-likeness (QED) is 0.457. The van der Waals surface area contributed by atoms with Crippen molar-refractivity contribution in [1.29, 1.82) is 0 Å². The minimum Gasteiger partial charge on any atom is -0.352 e. The number of piperidine rings is 1. The van der Waals surface area contributed by atoms with Gasteiger partial charge < -0.3 is 10.6 Å². The molecule has 0 radical (unpaired) electrons. The number of hydrogen-bond donors (Lipinski definition) is 2. The van der Waals surface area contributed by atoms with E-state index in [9.17, 15) is 18.0 Å². The lowest BCUT2D eigenvalue weighted by Crippen LogP contribution is -2.43. The molecule has 1 atom stereocenters. The van der Waals surface area contributed by atoms with Gasteiger partial charge in [0.2, 0.25) is 15.9 Å². The van der Waals surface area contributed by atoms with Crippen molar-refractivity contribution in [2.45, 2.75) is 24.2 Å². The van der Waals surface area contributed by atoms with Crippen LogP contribution in [0.25, 0.3) is 0 Å². The van der Waals surface area contributed by atoms with Crippen LogP contribution in [0.4, 0.5) is 5.69 Å². The average molecular weight is 526 g/mol. The first-order valence-corrected chi connectivity index (χ1v) is 13.6. The highest BCUT2D eigenvalue weighted by Gasteiger charge is 2.33. The van der Waals surface area contributed by atoms with Crippen LogP contribution in [0.5, 0.6) is 0 Å². The first-order chi connectivity index (χ1) is 17.3. The molecule has 1 heterocycles. The smallest absolute Gasteiger partial charge is 0.253 e. The van der Waals surface area contributed by atoms with E-state index < -0.39 is 15.9 Å². The normalized spacial score (nSPS) is 16.3. The zero-order valence-electron chi connectivity index (χ0n) is 19.7. The van der Waals surface area contributed by atoms with Crippen molar-refractivity contribution in [3.8, 4) is 0 Å². The molecule has 4 rings (SSSR count). The van der Waals surface area contributed by atoms with Gasteiger partial charge in [0.25, 0.3) is 5.91 Å². The number of hydrogen-bond acceptors (Lipinski definition) is 4. The molecular formula is C27H28ClN3O4S. The number of nitrogens with zero attached hydrogens (tertiary/aromatic N) is 1. The Bertz CT molecular complexity index is 1310. The summed E-state index contributed by atoms with van der Waals surface area (Å²) in [5.41, 5.74) is 1.88. The molecule has 2 amide bonds. The number of anilines is 1. The van der Waals surface area contributed by atoms with Gasteiger partial charge in [-0.1, -0.05) is 54.1 Å². The first kappa shape index (κ1) is 25.9. The average Bonchev–Trinajstić information content (AvgIpc) is 2.90. The molecule has 3 aromatic carbocycles. The Morgan fingerprint density at radius 3 is 2.39 bits per heavy atom. The van der Waals surface area contributed by atoms with Gasteiger partial charge in [0, 0.05) is 24.7 Å². The molecule has 3 aromatic rings. The maximum atomic E-state index is 13.1. The number of para-hydroxylation sites is 1. The van der Waals surface area contributed by atoms with Crippen molar-refractivity contribution >= 4 is 39.1 Å². The van der Waals surface area contributed by atoms with E-state index in [0.29, 0.717) is 48.6 Å². The second-order valence-corrected chi connectivity index (χ2v) is 11.1. The summed E-state index contributed by atoms with van der Waals surface area (Å²) in [6.45, 7) is 0.878. The monoisotopic (exact) mass is 525 g/mol. The van der Waals surface area contributed by atoms with Crippen LogP contribution in [0.3, 0.4) is 0 Å². The summed E-state index contributed by atoms with van der Waals surface area (Å²) < 4.78 is 27.5. The number of carbonyl (C=O) groups excluding carboxylic acids is 2. The van der Waals surface area contributed by atoms with Crippen molar-refractivity contribution in [1.82, 2.24) is 9.62 Å². The molecule has 36 heavy (non-hydrogen) atoms. The van der Waals surface area contributed by atoms with Crippen LogP contribution < -0.4 is 10.6 Å². The van der Waals surface area contributed by atoms with Crippen LogP contribution in [-0.4, -0.2) is 44.2 Å². The highest BCUT2D eigenvalue weighted by molar-refractivity contribution is 7.89. The molecule has 1 aliphatic heterocycles. The van der Waals surface area contributed by atoms with Crippen molar-refractivity contribution in [2.75, 3.05) is 25.0 Å². The Hall–Kier alpha value is -3.20. The predicted octanol–water partition coefficient (Wildman–Crippen LogP) is 4.35. The van der Waals surface area contributed by atoms with Crippen LogP contribution in [0.2, 0.25) is 5.02 Å². The summed E-state index contributed by atoms with van der Waals surface area (Å²) in [6.07, 6.45) is 1.82. The van der Waals surface area contributed by atoms with Gasteiger partial charge in [0.1, 0.15) is 0 Å². The number of benzene rings is 3. The fourth-order valence-electron chi connectivity index (χ4n) is 4.22. The van der Waals surface area contributed by atoms with E-state index >= 15 is 0 Å². The van der Waals surface area contributed by atoms with E-state index in [4.69, 9.17) is 11.6 Å². The maximum absolute atomic E-state index is 13.1. The Morgan fingerprint density at radius 1 is 0.944 bits per heavy atom.